The average Bonchev–Trinajstić information content (AvgIpc) is 3.06. The third kappa shape index (κ3) is 14.8. The van der Waals surface area contributed by atoms with Gasteiger partial charge >= 0.3 is 0 Å². The molecule has 0 bridgehead atoms. The summed E-state index contributed by atoms with van der Waals surface area (Å²) in [5.74, 6) is -0.275. The molecule has 2 fully saturated rings. The van der Waals surface area contributed by atoms with Crippen molar-refractivity contribution < 1.29 is 69.0 Å². The SMILES string of the molecule is CCCCCCCCCCC(C)COC1OC(CO)C(OC2OC(CO)C(O)C(O)C2O)C(O[C@@H](C)OC(C)C[C@H](O)CO)C1NC(C)=O. The van der Waals surface area contributed by atoms with Crippen LogP contribution in [-0.4, -0.2) is 148 Å². The zero-order valence-corrected chi connectivity index (χ0v) is 30.0. The van der Waals surface area contributed by atoms with Crippen LogP contribution >= 0.6 is 0 Å². The van der Waals surface area contributed by atoms with E-state index >= 15 is 0 Å². The first kappa shape index (κ1) is 44.1. The molecule has 15 heteroatoms. The molecule has 0 saturated carbocycles. The van der Waals surface area contributed by atoms with Crippen molar-refractivity contribution in [3.05, 3.63) is 0 Å². The molecule has 12 unspecified atom stereocenters. The van der Waals surface area contributed by atoms with Crippen LogP contribution in [0.5, 0.6) is 0 Å². The van der Waals surface area contributed by atoms with Crippen LogP contribution in [0.25, 0.3) is 0 Å². The third-order valence-electron chi connectivity index (χ3n) is 9.02. The Hall–Kier alpha value is -1.05. The second-order valence-corrected chi connectivity index (χ2v) is 13.6. The maximum Gasteiger partial charge on any atom is 0.217 e. The van der Waals surface area contributed by atoms with E-state index in [4.69, 9.17) is 28.4 Å². The molecule has 0 aliphatic carbocycles. The van der Waals surface area contributed by atoms with Gasteiger partial charge in [-0.2, -0.15) is 0 Å². The number of nitrogens with one attached hydrogen (secondary N) is 1. The van der Waals surface area contributed by atoms with Crippen LogP contribution in [0.1, 0.15) is 98.8 Å². The smallest absolute Gasteiger partial charge is 0.217 e. The second kappa shape index (κ2) is 23.5. The Morgan fingerprint density at radius 1 is 0.816 bits per heavy atom. The first-order valence-electron chi connectivity index (χ1n) is 18.1. The Morgan fingerprint density at radius 2 is 1.43 bits per heavy atom. The highest BCUT2D eigenvalue weighted by molar-refractivity contribution is 5.73. The summed E-state index contributed by atoms with van der Waals surface area (Å²) in [7, 11) is 0. The van der Waals surface area contributed by atoms with Crippen LogP contribution in [0, 0.1) is 5.92 Å². The number of aliphatic hydroxyl groups excluding tert-OH is 7. The Morgan fingerprint density at radius 3 is 2.02 bits per heavy atom. The molecule has 1 amide bonds. The molecule has 2 rings (SSSR count). The summed E-state index contributed by atoms with van der Waals surface area (Å²) >= 11 is 0. The van der Waals surface area contributed by atoms with Crippen molar-refractivity contribution in [1.29, 1.82) is 0 Å². The van der Waals surface area contributed by atoms with Crippen molar-refractivity contribution in [2.75, 3.05) is 26.4 Å². The van der Waals surface area contributed by atoms with Crippen molar-refractivity contribution in [3.8, 4) is 0 Å². The monoisotopic (exact) mass is 711 g/mol. The van der Waals surface area contributed by atoms with Gasteiger partial charge in [-0.1, -0.05) is 65.2 Å². The highest BCUT2D eigenvalue weighted by atomic mass is 16.8. The standard InChI is InChI=1S/C34H65NO14/c1-6-7-8-9-10-11-12-13-14-20(2)19-44-33-27(35-22(4)39)32(46-23(5)45-21(3)15-24(40)16-36)31(26(18-38)48-33)49-34-30(43)29(42)28(41)25(17-37)47-34/h20-21,23-34,36-38,40-43H,6-19H2,1-5H3,(H,35,39)/t20?,21?,23-,24-,25?,26?,27?,28?,29?,30?,31?,32?,33?,34?/m0/s1. The number of unbranched alkanes of at least 4 members (excludes halogenated alkanes) is 7. The van der Waals surface area contributed by atoms with Gasteiger partial charge in [0, 0.05) is 13.3 Å². The van der Waals surface area contributed by atoms with E-state index in [0.29, 0.717) is 6.61 Å². The molecule has 2 saturated heterocycles. The van der Waals surface area contributed by atoms with Gasteiger partial charge in [0.05, 0.1) is 38.6 Å². The van der Waals surface area contributed by atoms with Gasteiger partial charge in [-0.3, -0.25) is 4.79 Å². The van der Waals surface area contributed by atoms with Crippen molar-refractivity contribution in [3.63, 3.8) is 0 Å². The van der Waals surface area contributed by atoms with Crippen LogP contribution < -0.4 is 5.32 Å². The van der Waals surface area contributed by atoms with Crippen molar-refractivity contribution in [1.82, 2.24) is 5.32 Å². The van der Waals surface area contributed by atoms with Gasteiger partial charge in [0.1, 0.15) is 48.8 Å². The van der Waals surface area contributed by atoms with Gasteiger partial charge in [0.2, 0.25) is 5.91 Å². The molecule has 0 aromatic carbocycles. The maximum atomic E-state index is 12.5. The summed E-state index contributed by atoms with van der Waals surface area (Å²) in [6.07, 6.45) is -4.45. The lowest BCUT2D eigenvalue weighted by Crippen LogP contribution is -2.68. The molecule has 8 N–H and O–H groups in total. The summed E-state index contributed by atoms with van der Waals surface area (Å²) in [6, 6.07) is -1.02. The maximum absolute atomic E-state index is 12.5. The Labute approximate surface area is 291 Å². The third-order valence-corrected chi connectivity index (χ3v) is 9.02. The predicted octanol–water partition coefficient (Wildman–Crippen LogP) is 0.457. The lowest BCUT2D eigenvalue weighted by Gasteiger charge is -2.49. The lowest BCUT2D eigenvalue weighted by atomic mass is 9.95. The lowest BCUT2D eigenvalue weighted by molar-refractivity contribution is -0.360. The number of rotatable bonds is 24. The molecule has 2 heterocycles. The highest BCUT2D eigenvalue weighted by Crippen LogP contribution is 2.32. The minimum atomic E-state index is -1.75. The Kier molecular flexibility index (Phi) is 21.2. The molecule has 0 spiro atoms. The van der Waals surface area contributed by atoms with Gasteiger partial charge < -0.3 is 69.5 Å². The van der Waals surface area contributed by atoms with Gasteiger partial charge in [-0.15, -0.1) is 0 Å². The number of amides is 1. The number of ether oxygens (including phenoxy) is 6. The number of hydrogen-bond donors (Lipinski definition) is 8. The van der Waals surface area contributed by atoms with E-state index in [9.17, 15) is 40.5 Å². The van der Waals surface area contributed by atoms with Crippen LogP contribution in [0.15, 0.2) is 0 Å². The summed E-state index contributed by atoms with van der Waals surface area (Å²) in [4.78, 5) is 12.5. The van der Waals surface area contributed by atoms with E-state index in [1.54, 1.807) is 13.8 Å². The number of carbonyl (C=O) groups is 1. The molecular weight excluding hydrogens is 646 g/mol. The first-order valence-corrected chi connectivity index (χ1v) is 18.1. The summed E-state index contributed by atoms with van der Waals surface area (Å²) in [5, 5.41) is 73.4. The molecule has 290 valence electrons. The average molecular weight is 712 g/mol. The summed E-state index contributed by atoms with van der Waals surface area (Å²) < 4.78 is 36.2. The fourth-order valence-corrected chi connectivity index (χ4v) is 6.30. The van der Waals surface area contributed by atoms with Gasteiger partial charge in [-0.05, 0) is 26.2 Å². The summed E-state index contributed by atoms with van der Waals surface area (Å²) in [5.41, 5.74) is 0. The number of aliphatic hydroxyl groups is 7. The van der Waals surface area contributed by atoms with E-state index in [1.165, 1.54) is 45.4 Å². The van der Waals surface area contributed by atoms with Crippen LogP contribution in [-0.2, 0) is 33.2 Å². The second-order valence-electron chi connectivity index (χ2n) is 13.6. The summed E-state index contributed by atoms with van der Waals surface area (Å²) in [6.45, 7) is 7.42. The van der Waals surface area contributed by atoms with Gasteiger partial charge in [-0.25, -0.2) is 0 Å². The molecule has 14 atom stereocenters. The van der Waals surface area contributed by atoms with E-state index in [-0.39, 0.29) is 12.3 Å². The zero-order valence-electron chi connectivity index (χ0n) is 30.0. The van der Waals surface area contributed by atoms with E-state index in [2.05, 4.69) is 19.2 Å². The molecule has 2 aliphatic heterocycles. The van der Waals surface area contributed by atoms with Gasteiger partial charge in [0.25, 0.3) is 0 Å². The van der Waals surface area contributed by atoms with Crippen LogP contribution in [0.3, 0.4) is 0 Å². The molecule has 0 radical (unpaired) electrons. The van der Waals surface area contributed by atoms with Crippen molar-refractivity contribution >= 4 is 5.91 Å². The number of hydrogen-bond acceptors (Lipinski definition) is 14. The fraction of sp³-hybridized carbons (Fsp3) is 0.971. The number of carbonyl (C=O) groups excluding carboxylic acids is 1. The Balaban J connectivity index is 2.24. The molecule has 2 aliphatic rings. The predicted molar refractivity (Wildman–Crippen MR) is 177 cm³/mol. The highest BCUT2D eigenvalue weighted by Gasteiger charge is 2.53. The molecule has 15 nitrogen and oxygen atoms in total. The molecule has 0 aromatic heterocycles. The Bertz CT molecular complexity index is 886. The van der Waals surface area contributed by atoms with E-state index in [0.717, 1.165) is 19.3 Å². The fourth-order valence-electron chi connectivity index (χ4n) is 6.30. The minimum Gasteiger partial charge on any atom is -0.394 e. The van der Waals surface area contributed by atoms with E-state index < -0.39 is 106 Å². The van der Waals surface area contributed by atoms with E-state index in [1.807, 2.05) is 0 Å². The molecule has 49 heavy (non-hydrogen) atoms. The largest absolute Gasteiger partial charge is 0.394 e. The first-order chi connectivity index (χ1) is 23.4. The van der Waals surface area contributed by atoms with Crippen LogP contribution in [0.4, 0.5) is 0 Å². The van der Waals surface area contributed by atoms with Gasteiger partial charge in [0.15, 0.2) is 18.9 Å². The van der Waals surface area contributed by atoms with Crippen molar-refractivity contribution in [2.45, 2.75) is 179 Å². The van der Waals surface area contributed by atoms with Crippen LogP contribution in [0.2, 0.25) is 0 Å². The normalized spacial score (nSPS) is 33.1. The molecular formula is C34H65NO14. The van der Waals surface area contributed by atoms with Crippen molar-refractivity contribution in [2.24, 2.45) is 5.92 Å². The molecule has 0 aromatic rings. The topological polar surface area (TPSA) is 226 Å². The zero-order chi connectivity index (χ0) is 36.5. The quantitative estimate of drug-likeness (QED) is 0.0503. The minimum absolute atomic E-state index is 0.111.